The van der Waals surface area contributed by atoms with E-state index in [1.165, 1.54) is 14.0 Å². The molecule has 1 aromatic carbocycles. The van der Waals surface area contributed by atoms with Crippen molar-refractivity contribution < 1.29 is 14.3 Å². The fraction of sp³-hybridized carbons (Fsp3) is 0.417. The molecule has 3 heteroatoms. The maximum Gasteiger partial charge on any atom is 0.171 e. The Labute approximate surface area is 90.0 Å². The second kappa shape index (κ2) is 4.82. The maximum absolute atomic E-state index is 11.4. The third kappa shape index (κ3) is 2.29. The molecule has 0 aromatic heterocycles. The second-order valence-electron chi connectivity index (χ2n) is 3.29. The van der Waals surface area contributed by atoms with Crippen LogP contribution >= 0.6 is 0 Å². The van der Waals surface area contributed by atoms with E-state index in [2.05, 4.69) is 0 Å². The Morgan fingerprint density at radius 3 is 2.33 bits per heavy atom. The van der Waals surface area contributed by atoms with E-state index in [4.69, 9.17) is 9.47 Å². The Kier molecular flexibility index (Phi) is 3.72. The maximum atomic E-state index is 11.4. The lowest BCUT2D eigenvalue weighted by atomic mass is 10.0. The second-order valence-corrected chi connectivity index (χ2v) is 3.29. The molecule has 0 aliphatic heterocycles. The molecule has 0 saturated carbocycles. The van der Waals surface area contributed by atoms with Crippen LogP contribution < -0.4 is 9.47 Å². The van der Waals surface area contributed by atoms with Crippen molar-refractivity contribution in [3.63, 3.8) is 0 Å². The van der Waals surface area contributed by atoms with E-state index < -0.39 is 0 Å². The minimum absolute atomic E-state index is 0.0135. The molecule has 1 aromatic rings. The largest absolute Gasteiger partial charge is 0.493 e. The Morgan fingerprint density at radius 2 is 1.93 bits per heavy atom. The molecule has 0 atom stereocenters. The first-order valence-electron chi connectivity index (χ1n) is 4.89. The first-order chi connectivity index (χ1) is 7.13. The van der Waals surface area contributed by atoms with Gasteiger partial charge in [-0.1, -0.05) is 6.92 Å². The molecule has 3 nitrogen and oxygen atoms in total. The fourth-order valence-corrected chi connectivity index (χ4v) is 1.49. The van der Waals surface area contributed by atoms with Gasteiger partial charge in [-0.2, -0.15) is 0 Å². The summed E-state index contributed by atoms with van der Waals surface area (Å²) in [7, 11) is 3.11. The van der Waals surface area contributed by atoms with E-state index >= 15 is 0 Å². The van der Waals surface area contributed by atoms with Crippen LogP contribution in [0.4, 0.5) is 0 Å². The smallest absolute Gasteiger partial charge is 0.171 e. The molecule has 0 bridgehead atoms. The van der Waals surface area contributed by atoms with Crippen molar-refractivity contribution in [3.8, 4) is 11.5 Å². The van der Waals surface area contributed by atoms with Gasteiger partial charge in [0.2, 0.25) is 0 Å². The van der Waals surface area contributed by atoms with Crippen LogP contribution in [0, 0.1) is 0 Å². The number of aryl methyl sites for hydroxylation is 1. The van der Waals surface area contributed by atoms with Crippen molar-refractivity contribution in [1.29, 1.82) is 0 Å². The highest BCUT2D eigenvalue weighted by molar-refractivity contribution is 5.98. The first kappa shape index (κ1) is 11.6. The molecule has 0 unspecified atom stereocenters. The molecule has 0 saturated heterocycles. The number of carbonyl (C=O) groups excluding carboxylic acids is 1. The van der Waals surface area contributed by atoms with E-state index in [0.717, 1.165) is 12.0 Å². The van der Waals surface area contributed by atoms with Crippen molar-refractivity contribution in [2.24, 2.45) is 0 Å². The van der Waals surface area contributed by atoms with Crippen molar-refractivity contribution in [2.75, 3.05) is 14.2 Å². The standard InChI is InChI=1S/C12H16O3/c1-5-9-6-10(8(2)13)12(15-4)11(7-9)14-3/h6-7H,5H2,1-4H3. The van der Waals surface area contributed by atoms with Gasteiger partial charge in [0.05, 0.1) is 19.8 Å². The molecule has 0 radical (unpaired) electrons. The van der Waals surface area contributed by atoms with E-state index in [1.807, 2.05) is 19.1 Å². The summed E-state index contributed by atoms with van der Waals surface area (Å²) in [6, 6.07) is 3.74. The third-order valence-electron chi connectivity index (χ3n) is 2.33. The minimum Gasteiger partial charge on any atom is -0.493 e. The number of rotatable bonds is 4. The third-order valence-corrected chi connectivity index (χ3v) is 2.33. The van der Waals surface area contributed by atoms with E-state index in [-0.39, 0.29) is 5.78 Å². The van der Waals surface area contributed by atoms with Gasteiger partial charge in [-0.15, -0.1) is 0 Å². The summed E-state index contributed by atoms with van der Waals surface area (Å²) in [6.07, 6.45) is 0.862. The minimum atomic E-state index is -0.0135. The predicted octanol–water partition coefficient (Wildman–Crippen LogP) is 2.47. The lowest BCUT2D eigenvalue weighted by Crippen LogP contribution is -2.01. The zero-order valence-electron chi connectivity index (χ0n) is 9.59. The number of benzene rings is 1. The number of hydrogen-bond donors (Lipinski definition) is 0. The van der Waals surface area contributed by atoms with Gasteiger partial charge in [0.15, 0.2) is 17.3 Å². The predicted molar refractivity (Wildman–Crippen MR) is 58.9 cm³/mol. The molecule has 15 heavy (non-hydrogen) atoms. The molecule has 82 valence electrons. The van der Waals surface area contributed by atoms with Gasteiger partial charge in [0, 0.05) is 0 Å². The van der Waals surface area contributed by atoms with E-state index in [1.54, 1.807) is 7.11 Å². The quantitative estimate of drug-likeness (QED) is 0.713. The van der Waals surface area contributed by atoms with Crippen LogP contribution in [0.15, 0.2) is 12.1 Å². The molecule has 0 heterocycles. The lowest BCUT2D eigenvalue weighted by molar-refractivity contribution is 0.101. The average molecular weight is 208 g/mol. The summed E-state index contributed by atoms with van der Waals surface area (Å²) in [6.45, 7) is 3.56. The Morgan fingerprint density at radius 1 is 1.27 bits per heavy atom. The number of ketones is 1. The van der Waals surface area contributed by atoms with Gasteiger partial charge >= 0.3 is 0 Å². The summed E-state index contributed by atoms with van der Waals surface area (Å²) >= 11 is 0. The van der Waals surface area contributed by atoms with Gasteiger partial charge in [-0.05, 0) is 31.0 Å². The van der Waals surface area contributed by atoms with Crippen LogP contribution in [0.5, 0.6) is 11.5 Å². The van der Waals surface area contributed by atoms with E-state index in [0.29, 0.717) is 17.1 Å². The van der Waals surface area contributed by atoms with Crippen LogP contribution in [0.25, 0.3) is 0 Å². The summed E-state index contributed by atoms with van der Waals surface area (Å²) in [5, 5.41) is 0. The molecule has 0 amide bonds. The highest BCUT2D eigenvalue weighted by atomic mass is 16.5. The number of hydrogen-bond acceptors (Lipinski definition) is 3. The molecule has 0 N–H and O–H groups in total. The van der Waals surface area contributed by atoms with Gasteiger partial charge < -0.3 is 9.47 Å². The Hall–Kier alpha value is -1.51. The van der Waals surface area contributed by atoms with E-state index in [9.17, 15) is 4.79 Å². The number of ether oxygens (including phenoxy) is 2. The number of methoxy groups -OCH3 is 2. The van der Waals surface area contributed by atoms with Crippen molar-refractivity contribution in [3.05, 3.63) is 23.3 Å². The number of Topliss-reactive ketones (excluding diaryl/α,β-unsaturated/α-hetero) is 1. The molecule has 0 aliphatic rings. The van der Waals surface area contributed by atoms with Crippen LogP contribution in [-0.4, -0.2) is 20.0 Å². The van der Waals surface area contributed by atoms with Crippen LogP contribution in [-0.2, 0) is 6.42 Å². The zero-order chi connectivity index (χ0) is 11.4. The summed E-state index contributed by atoms with van der Waals surface area (Å²) in [5.41, 5.74) is 1.64. The number of carbonyl (C=O) groups is 1. The van der Waals surface area contributed by atoms with Crippen molar-refractivity contribution >= 4 is 5.78 Å². The van der Waals surface area contributed by atoms with Crippen LogP contribution in [0.3, 0.4) is 0 Å². The first-order valence-corrected chi connectivity index (χ1v) is 4.89. The van der Waals surface area contributed by atoms with Gasteiger partial charge in [-0.25, -0.2) is 0 Å². The van der Waals surface area contributed by atoms with Crippen molar-refractivity contribution in [2.45, 2.75) is 20.3 Å². The Bertz CT molecular complexity index is 369. The van der Waals surface area contributed by atoms with Gasteiger partial charge in [0.1, 0.15) is 0 Å². The lowest BCUT2D eigenvalue weighted by Gasteiger charge is -2.12. The van der Waals surface area contributed by atoms with Crippen LogP contribution in [0.1, 0.15) is 29.8 Å². The molecule has 1 rings (SSSR count). The normalized spacial score (nSPS) is 9.87. The van der Waals surface area contributed by atoms with Gasteiger partial charge in [-0.3, -0.25) is 4.79 Å². The molecule has 0 fully saturated rings. The zero-order valence-corrected chi connectivity index (χ0v) is 9.59. The molecular formula is C12H16O3. The highest BCUT2D eigenvalue weighted by Gasteiger charge is 2.14. The summed E-state index contributed by atoms with van der Waals surface area (Å²) in [4.78, 5) is 11.4. The van der Waals surface area contributed by atoms with Crippen molar-refractivity contribution in [1.82, 2.24) is 0 Å². The summed E-state index contributed by atoms with van der Waals surface area (Å²) in [5.74, 6) is 1.12. The monoisotopic (exact) mass is 208 g/mol. The summed E-state index contributed by atoms with van der Waals surface area (Å²) < 4.78 is 10.4. The van der Waals surface area contributed by atoms with Crippen LogP contribution in [0.2, 0.25) is 0 Å². The van der Waals surface area contributed by atoms with Gasteiger partial charge in [0.25, 0.3) is 0 Å². The molecular weight excluding hydrogens is 192 g/mol. The average Bonchev–Trinajstić information content (AvgIpc) is 2.26. The Balaban J connectivity index is 3.39. The SMILES string of the molecule is CCc1cc(OC)c(OC)c(C(C)=O)c1. The topological polar surface area (TPSA) is 35.5 Å². The molecule has 0 spiro atoms. The highest BCUT2D eigenvalue weighted by Crippen LogP contribution is 2.32. The fourth-order valence-electron chi connectivity index (χ4n) is 1.49. The molecule has 0 aliphatic carbocycles.